The smallest absolute Gasteiger partial charge is 0.171 e. The van der Waals surface area contributed by atoms with Crippen LogP contribution in [0.1, 0.15) is 5.56 Å². The van der Waals surface area contributed by atoms with Crippen LogP contribution in [0.25, 0.3) is 0 Å². The Morgan fingerprint density at radius 3 is 2.45 bits per heavy atom. The van der Waals surface area contributed by atoms with Gasteiger partial charge in [0, 0.05) is 4.53 Å². The normalized spacial score (nSPS) is 8.73. The van der Waals surface area contributed by atoms with Gasteiger partial charge in [-0.05, 0) is 17.7 Å². The van der Waals surface area contributed by atoms with Gasteiger partial charge in [-0.15, -0.1) is 0 Å². The fourth-order valence-corrected chi connectivity index (χ4v) is 0.750. The van der Waals surface area contributed by atoms with Gasteiger partial charge in [-0.2, -0.15) is 5.26 Å². The van der Waals surface area contributed by atoms with Crippen molar-refractivity contribution in [2.24, 2.45) is 0 Å². The maximum atomic E-state index is 11.5. The van der Waals surface area contributed by atoms with E-state index in [-0.39, 0.29) is 5.75 Å². The first-order chi connectivity index (χ1) is 5.36. The van der Waals surface area contributed by atoms with Gasteiger partial charge in [0.25, 0.3) is 0 Å². The molecule has 0 aromatic heterocycles. The van der Waals surface area contributed by atoms with Crippen LogP contribution in [-0.4, -0.2) is 0 Å². The van der Waals surface area contributed by atoms with Crippen LogP contribution >= 0.6 is 0 Å². The third-order valence-electron chi connectivity index (χ3n) is 1.30. The van der Waals surface area contributed by atoms with E-state index < -0.39 is 0 Å². The van der Waals surface area contributed by atoms with E-state index >= 15 is 0 Å². The summed E-state index contributed by atoms with van der Waals surface area (Å²) >= 11 is 0. The first-order valence-corrected chi connectivity index (χ1v) is 3.11. The molecule has 0 bridgehead atoms. The third-order valence-corrected chi connectivity index (χ3v) is 1.30. The second-order valence-electron chi connectivity index (χ2n) is 2.06. The molecular weight excluding hydrogens is 145 g/mol. The van der Waals surface area contributed by atoms with Crippen LogP contribution in [0.3, 0.4) is 0 Å². The number of benzene rings is 1. The highest BCUT2D eigenvalue weighted by Crippen LogP contribution is 2.12. The molecule has 0 saturated heterocycles. The molecular formula is C8H6FNO. The Bertz CT molecular complexity index is 262. The molecule has 3 heteroatoms. The molecule has 11 heavy (non-hydrogen) atoms. The summed E-state index contributed by atoms with van der Waals surface area (Å²) in [5.41, 5.74) is 0.855. The van der Waals surface area contributed by atoms with Crippen molar-refractivity contribution in [1.82, 2.24) is 0 Å². The molecule has 1 aromatic rings. The molecule has 0 radical (unpaired) electrons. The lowest BCUT2D eigenvalue weighted by Crippen LogP contribution is -1.81. The summed E-state index contributed by atoms with van der Waals surface area (Å²) in [5, 5.41) is 8.29. The summed E-state index contributed by atoms with van der Waals surface area (Å²) in [6.07, 6.45) is 0.340. The predicted molar refractivity (Wildman–Crippen MR) is 37.5 cm³/mol. The Hall–Kier alpha value is -1.56. The summed E-state index contributed by atoms with van der Waals surface area (Å²) in [7, 11) is 0. The standard InChI is InChI=1S/C8H6FNO/c9-11-8-3-1-7(2-4-8)5-6-10/h1-4H,5H2. The van der Waals surface area contributed by atoms with Crippen molar-refractivity contribution in [2.75, 3.05) is 0 Å². The highest BCUT2D eigenvalue weighted by atomic mass is 19.3. The van der Waals surface area contributed by atoms with Gasteiger partial charge in [0.05, 0.1) is 12.5 Å². The molecule has 0 aliphatic heterocycles. The molecule has 2 nitrogen and oxygen atoms in total. The molecule has 1 aromatic carbocycles. The Morgan fingerprint density at radius 1 is 1.36 bits per heavy atom. The molecule has 0 heterocycles. The molecule has 0 aliphatic rings. The zero-order chi connectivity index (χ0) is 8.10. The van der Waals surface area contributed by atoms with Gasteiger partial charge in [-0.3, -0.25) is 4.94 Å². The average Bonchev–Trinajstić information content (AvgIpc) is 2.07. The van der Waals surface area contributed by atoms with Gasteiger partial charge in [-0.1, -0.05) is 12.1 Å². The van der Waals surface area contributed by atoms with Crippen molar-refractivity contribution in [3.8, 4) is 11.8 Å². The summed E-state index contributed by atoms with van der Waals surface area (Å²) in [5.74, 6) is 0.159. The lowest BCUT2D eigenvalue weighted by Gasteiger charge is -1.94. The number of nitrogens with zero attached hydrogens (tertiary/aromatic N) is 1. The number of nitriles is 1. The molecule has 0 saturated carbocycles. The van der Waals surface area contributed by atoms with E-state index in [1.807, 2.05) is 6.07 Å². The molecule has 0 N–H and O–H groups in total. The fourth-order valence-electron chi connectivity index (χ4n) is 0.750. The number of hydrogen-bond acceptors (Lipinski definition) is 2. The minimum absolute atomic E-state index is 0.159. The van der Waals surface area contributed by atoms with E-state index in [1.54, 1.807) is 12.1 Å². The third kappa shape index (κ3) is 1.94. The highest BCUT2D eigenvalue weighted by molar-refractivity contribution is 5.28. The number of halogens is 1. The van der Waals surface area contributed by atoms with Crippen molar-refractivity contribution in [2.45, 2.75) is 6.42 Å². The summed E-state index contributed by atoms with van der Waals surface area (Å²) in [6, 6.07) is 8.25. The van der Waals surface area contributed by atoms with Crippen LogP contribution in [0, 0.1) is 11.3 Å². The maximum absolute atomic E-state index is 11.5. The monoisotopic (exact) mass is 151 g/mol. The Kier molecular flexibility index (Phi) is 2.45. The molecule has 0 unspecified atom stereocenters. The SMILES string of the molecule is N#CCc1ccc(OF)cc1. The Morgan fingerprint density at radius 2 is 2.00 bits per heavy atom. The molecule has 1 rings (SSSR count). The topological polar surface area (TPSA) is 33.0 Å². The van der Waals surface area contributed by atoms with Gasteiger partial charge in [-0.25, -0.2) is 0 Å². The van der Waals surface area contributed by atoms with Crippen LogP contribution in [0.15, 0.2) is 24.3 Å². The van der Waals surface area contributed by atoms with E-state index in [1.165, 1.54) is 12.1 Å². The predicted octanol–water partition coefficient (Wildman–Crippen LogP) is 2.02. The van der Waals surface area contributed by atoms with E-state index in [4.69, 9.17) is 5.26 Å². The number of rotatable bonds is 2. The van der Waals surface area contributed by atoms with Crippen molar-refractivity contribution in [3.05, 3.63) is 29.8 Å². The van der Waals surface area contributed by atoms with Crippen LogP contribution < -0.4 is 4.94 Å². The minimum atomic E-state index is 0.159. The van der Waals surface area contributed by atoms with Crippen LogP contribution in [0.2, 0.25) is 0 Å². The minimum Gasteiger partial charge on any atom is -0.294 e. The second kappa shape index (κ2) is 3.57. The molecule has 0 amide bonds. The Balaban J connectivity index is 2.76. The average molecular weight is 151 g/mol. The van der Waals surface area contributed by atoms with Gasteiger partial charge in [0.15, 0.2) is 5.75 Å². The van der Waals surface area contributed by atoms with Gasteiger partial charge in [0.2, 0.25) is 0 Å². The van der Waals surface area contributed by atoms with Gasteiger partial charge < -0.3 is 0 Å². The lowest BCUT2D eigenvalue weighted by atomic mass is 10.2. The first kappa shape index (κ1) is 7.55. The van der Waals surface area contributed by atoms with Gasteiger partial charge >= 0.3 is 0 Å². The van der Waals surface area contributed by atoms with Crippen LogP contribution in [0.4, 0.5) is 4.53 Å². The van der Waals surface area contributed by atoms with Crippen molar-refractivity contribution in [1.29, 1.82) is 5.26 Å². The molecule has 0 spiro atoms. The van der Waals surface area contributed by atoms with Crippen LogP contribution in [0.5, 0.6) is 5.75 Å². The van der Waals surface area contributed by atoms with Crippen molar-refractivity contribution >= 4 is 0 Å². The molecule has 56 valence electrons. The van der Waals surface area contributed by atoms with E-state index in [9.17, 15) is 4.53 Å². The molecule has 0 atom stereocenters. The van der Waals surface area contributed by atoms with E-state index in [2.05, 4.69) is 4.94 Å². The highest BCUT2D eigenvalue weighted by Gasteiger charge is 1.93. The van der Waals surface area contributed by atoms with E-state index in [0.29, 0.717) is 6.42 Å². The Labute approximate surface area is 63.7 Å². The van der Waals surface area contributed by atoms with Crippen molar-refractivity contribution < 1.29 is 9.47 Å². The number of hydrogen-bond donors (Lipinski definition) is 0. The quantitative estimate of drug-likeness (QED) is 0.647. The largest absolute Gasteiger partial charge is 0.294 e. The van der Waals surface area contributed by atoms with Crippen LogP contribution in [-0.2, 0) is 6.42 Å². The lowest BCUT2D eigenvalue weighted by molar-refractivity contribution is -0.00621. The second-order valence-corrected chi connectivity index (χ2v) is 2.06. The van der Waals surface area contributed by atoms with E-state index in [0.717, 1.165) is 5.56 Å². The fraction of sp³-hybridized carbons (Fsp3) is 0.125. The zero-order valence-electron chi connectivity index (χ0n) is 5.75. The summed E-state index contributed by atoms with van der Waals surface area (Å²) in [6.45, 7) is 0. The molecule has 0 aliphatic carbocycles. The first-order valence-electron chi connectivity index (χ1n) is 3.11. The van der Waals surface area contributed by atoms with Crippen molar-refractivity contribution in [3.63, 3.8) is 0 Å². The maximum Gasteiger partial charge on any atom is 0.171 e. The summed E-state index contributed by atoms with van der Waals surface area (Å²) < 4.78 is 11.5. The zero-order valence-corrected chi connectivity index (χ0v) is 5.75. The van der Waals surface area contributed by atoms with Gasteiger partial charge in [0.1, 0.15) is 0 Å². The molecule has 0 fully saturated rings. The summed E-state index contributed by atoms with van der Waals surface area (Å²) in [4.78, 5) is 3.46.